The number of esters is 1. The van der Waals surface area contributed by atoms with Crippen LogP contribution in [0.1, 0.15) is 18.1 Å². The molecule has 2 rings (SSSR count). The molecular weight excluding hydrogens is 346 g/mol. The molecular formula is C21H23NO5. The van der Waals surface area contributed by atoms with Crippen molar-refractivity contribution in [3.63, 3.8) is 0 Å². The minimum atomic E-state index is -0.621. The number of ether oxygens (including phenoxy) is 3. The molecule has 142 valence electrons. The zero-order valence-electron chi connectivity index (χ0n) is 15.7. The Morgan fingerprint density at radius 2 is 1.78 bits per heavy atom. The van der Waals surface area contributed by atoms with E-state index in [1.165, 1.54) is 18.7 Å². The van der Waals surface area contributed by atoms with Crippen molar-refractivity contribution in [1.82, 2.24) is 0 Å². The first kappa shape index (κ1) is 20.0. The molecule has 0 spiro atoms. The Labute approximate surface area is 158 Å². The van der Waals surface area contributed by atoms with Gasteiger partial charge >= 0.3 is 5.97 Å². The first-order valence-corrected chi connectivity index (χ1v) is 8.51. The lowest BCUT2D eigenvalue weighted by Crippen LogP contribution is -2.20. The molecule has 0 aliphatic carbocycles. The number of carbonyl (C=O) groups excluding carboxylic acids is 2. The molecule has 0 heterocycles. The predicted octanol–water partition coefficient (Wildman–Crippen LogP) is 3.46. The standard InChI is InChI=1S/C21H23NO5/c1-4-15-5-9-17(10-6-15)22-20(23)14-27-21(24)12-8-16-7-11-18(25-2)13-19(16)26-3/h5-13H,4,14H2,1-3H3,(H,22,23)/b12-8+. The van der Waals surface area contributed by atoms with Crippen LogP contribution in [0.4, 0.5) is 5.69 Å². The molecule has 0 bridgehead atoms. The molecule has 0 aliphatic heterocycles. The molecule has 0 radical (unpaired) electrons. The van der Waals surface area contributed by atoms with Crippen LogP contribution >= 0.6 is 0 Å². The highest BCUT2D eigenvalue weighted by Crippen LogP contribution is 2.25. The van der Waals surface area contributed by atoms with Gasteiger partial charge in [-0.3, -0.25) is 4.79 Å². The SMILES string of the molecule is CCc1ccc(NC(=O)COC(=O)/C=C/c2ccc(OC)cc2OC)cc1. The summed E-state index contributed by atoms with van der Waals surface area (Å²) in [5.41, 5.74) is 2.53. The maximum absolute atomic E-state index is 11.9. The van der Waals surface area contributed by atoms with Gasteiger partial charge in [-0.25, -0.2) is 4.79 Å². The summed E-state index contributed by atoms with van der Waals surface area (Å²) in [4.78, 5) is 23.7. The van der Waals surface area contributed by atoms with Gasteiger partial charge < -0.3 is 19.5 Å². The van der Waals surface area contributed by atoms with E-state index in [4.69, 9.17) is 14.2 Å². The molecule has 0 unspecified atom stereocenters. The number of anilines is 1. The van der Waals surface area contributed by atoms with Gasteiger partial charge in [0.1, 0.15) is 11.5 Å². The van der Waals surface area contributed by atoms with Gasteiger partial charge in [-0.1, -0.05) is 19.1 Å². The third-order valence-corrected chi connectivity index (χ3v) is 3.83. The molecule has 0 atom stereocenters. The lowest BCUT2D eigenvalue weighted by molar-refractivity contribution is -0.142. The van der Waals surface area contributed by atoms with E-state index in [2.05, 4.69) is 12.2 Å². The van der Waals surface area contributed by atoms with Gasteiger partial charge in [0.25, 0.3) is 5.91 Å². The number of aryl methyl sites for hydroxylation is 1. The third-order valence-electron chi connectivity index (χ3n) is 3.83. The molecule has 2 aromatic carbocycles. The van der Waals surface area contributed by atoms with E-state index >= 15 is 0 Å². The van der Waals surface area contributed by atoms with Gasteiger partial charge in [0.15, 0.2) is 6.61 Å². The second-order valence-corrected chi connectivity index (χ2v) is 5.65. The normalized spacial score (nSPS) is 10.5. The summed E-state index contributed by atoms with van der Waals surface area (Å²) >= 11 is 0. The number of amides is 1. The molecule has 1 N–H and O–H groups in total. The Morgan fingerprint density at radius 1 is 1.04 bits per heavy atom. The lowest BCUT2D eigenvalue weighted by Gasteiger charge is -2.07. The second-order valence-electron chi connectivity index (χ2n) is 5.65. The summed E-state index contributed by atoms with van der Waals surface area (Å²) in [6, 6.07) is 12.7. The second kappa shape index (κ2) is 10.0. The van der Waals surface area contributed by atoms with Crippen LogP contribution in [0.25, 0.3) is 6.08 Å². The minimum Gasteiger partial charge on any atom is -0.497 e. The first-order valence-electron chi connectivity index (χ1n) is 8.51. The summed E-state index contributed by atoms with van der Waals surface area (Å²) in [5.74, 6) is 0.189. The van der Waals surface area contributed by atoms with Crippen molar-refractivity contribution >= 4 is 23.6 Å². The van der Waals surface area contributed by atoms with Gasteiger partial charge in [-0.05, 0) is 42.3 Å². The number of benzene rings is 2. The highest BCUT2D eigenvalue weighted by Gasteiger charge is 2.07. The maximum atomic E-state index is 11.9. The molecule has 6 nitrogen and oxygen atoms in total. The average Bonchev–Trinajstić information content (AvgIpc) is 2.71. The van der Waals surface area contributed by atoms with Crippen molar-refractivity contribution < 1.29 is 23.8 Å². The number of hydrogen-bond donors (Lipinski definition) is 1. The van der Waals surface area contributed by atoms with Crippen LogP contribution in [0.2, 0.25) is 0 Å². The van der Waals surface area contributed by atoms with E-state index < -0.39 is 11.9 Å². The van der Waals surface area contributed by atoms with Crippen LogP contribution in [0.3, 0.4) is 0 Å². The summed E-state index contributed by atoms with van der Waals surface area (Å²) in [6.07, 6.45) is 3.73. The molecule has 0 fully saturated rings. The monoisotopic (exact) mass is 369 g/mol. The molecule has 27 heavy (non-hydrogen) atoms. The van der Waals surface area contributed by atoms with Crippen molar-refractivity contribution in [3.05, 3.63) is 59.7 Å². The van der Waals surface area contributed by atoms with Crippen molar-refractivity contribution in [2.24, 2.45) is 0 Å². The molecule has 1 amide bonds. The van der Waals surface area contributed by atoms with Crippen LogP contribution in [-0.4, -0.2) is 32.7 Å². The fraction of sp³-hybridized carbons (Fsp3) is 0.238. The molecule has 0 saturated carbocycles. The van der Waals surface area contributed by atoms with Crippen molar-refractivity contribution in [1.29, 1.82) is 0 Å². The molecule has 6 heteroatoms. The van der Waals surface area contributed by atoms with E-state index in [1.54, 1.807) is 31.4 Å². The smallest absolute Gasteiger partial charge is 0.331 e. The average molecular weight is 369 g/mol. The maximum Gasteiger partial charge on any atom is 0.331 e. The van der Waals surface area contributed by atoms with E-state index in [0.29, 0.717) is 22.7 Å². The topological polar surface area (TPSA) is 73.9 Å². The zero-order chi connectivity index (χ0) is 19.6. The summed E-state index contributed by atoms with van der Waals surface area (Å²) in [7, 11) is 3.09. The Bertz CT molecular complexity index is 812. The molecule has 2 aromatic rings. The van der Waals surface area contributed by atoms with Crippen LogP contribution in [0.15, 0.2) is 48.5 Å². The number of rotatable bonds is 8. The summed E-state index contributed by atoms with van der Waals surface area (Å²) < 4.78 is 15.3. The van der Waals surface area contributed by atoms with Crippen LogP contribution < -0.4 is 14.8 Å². The predicted molar refractivity (Wildman–Crippen MR) is 104 cm³/mol. The Balaban J connectivity index is 1.86. The van der Waals surface area contributed by atoms with E-state index in [1.807, 2.05) is 24.3 Å². The Hall–Kier alpha value is -3.28. The highest BCUT2D eigenvalue weighted by atomic mass is 16.5. The molecule has 0 saturated heterocycles. The third kappa shape index (κ3) is 6.18. The Morgan fingerprint density at radius 3 is 2.41 bits per heavy atom. The van der Waals surface area contributed by atoms with E-state index in [9.17, 15) is 9.59 Å². The van der Waals surface area contributed by atoms with E-state index in [0.717, 1.165) is 6.42 Å². The quantitative estimate of drug-likeness (QED) is 0.570. The number of hydrogen-bond acceptors (Lipinski definition) is 5. The van der Waals surface area contributed by atoms with Crippen LogP contribution in [0.5, 0.6) is 11.5 Å². The van der Waals surface area contributed by atoms with Crippen LogP contribution in [0, 0.1) is 0 Å². The fourth-order valence-electron chi connectivity index (χ4n) is 2.32. The van der Waals surface area contributed by atoms with Gasteiger partial charge in [0.05, 0.1) is 14.2 Å². The van der Waals surface area contributed by atoms with Crippen molar-refractivity contribution in [2.75, 3.05) is 26.1 Å². The minimum absolute atomic E-state index is 0.363. The molecule has 0 aromatic heterocycles. The van der Waals surface area contributed by atoms with Crippen molar-refractivity contribution in [3.8, 4) is 11.5 Å². The van der Waals surface area contributed by atoms with Gasteiger partial charge in [0.2, 0.25) is 0 Å². The fourth-order valence-corrected chi connectivity index (χ4v) is 2.32. The summed E-state index contributed by atoms with van der Waals surface area (Å²) in [5, 5.41) is 2.68. The number of nitrogens with one attached hydrogen (secondary N) is 1. The largest absolute Gasteiger partial charge is 0.497 e. The van der Waals surface area contributed by atoms with Gasteiger partial charge in [-0.2, -0.15) is 0 Å². The Kier molecular flexibility index (Phi) is 7.43. The van der Waals surface area contributed by atoms with Gasteiger partial charge in [0, 0.05) is 23.4 Å². The zero-order valence-corrected chi connectivity index (χ0v) is 15.7. The number of carbonyl (C=O) groups is 2. The lowest BCUT2D eigenvalue weighted by atomic mass is 10.1. The van der Waals surface area contributed by atoms with Crippen LogP contribution in [-0.2, 0) is 20.7 Å². The summed E-state index contributed by atoms with van der Waals surface area (Å²) in [6.45, 7) is 1.69. The highest BCUT2D eigenvalue weighted by molar-refractivity contribution is 5.94. The van der Waals surface area contributed by atoms with Gasteiger partial charge in [-0.15, -0.1) is 0 Å². The number of methoxy groups -OCH3 is 2. The molecule has 0 aliphatic rings. The van der Waals surface area contributed by atoms with E-state index in [-0.39, 0.29) is 6.61 Å². The first-order chi connectivity index (χ1) is 13.0. The van der Waals surface area contributed by atoms with Crippen molar-refractivity contribution in [2.45, 2.75) is 13.3 Å².